The van der Waals surface area contributed by atoms with Crippen LogP contribution in [-0.2, 0) is 0 Å². The van der Waals surface area contributed by atoms with E-state index in [9.17, 15) is 0 Å². The summed E-state index contributed by atoms with van der Waals surface area (Å²) in [6, 6.07) is 37.7. The zero-order chi connectivity index (χ0) is 23.6. The maximum Gasteiger partial charge on any atom is 0.179 e. The quantitative estimate of drug-likeness (QED) is 0.260. The summed E-state index contributed by atoms with van der Waals surface area (Å²) in [5, 5.41) is 6.67. The van der Waals surface area contributed by atoms with Crippen molar-refractivity contribution in [3.05, 3.63) is 115 Å². The highest BCUT2D eigenvalue weighted by Gasteiger charge is 2.22. The molecule has 0 bridgehead atoms. The third kappa shape index (κ3) is 2.64. The Bertz CT molecular complexity index is 2100. The number of fused-ring (bicyclic) bond motifs is 8. The molecule has 4 nitrogen and oxygen atoms in total. The number of furan rings is 1. The van der Waals surface area contributed by atoms with E-state index in [4.69, 9.17) is 14.4 Å². The lowest BCUT2D eigenvalue weighted by molar-refractivity contribution is 0.673. The molecule has 3 aromatic heterocycles. The predicted octanol–water partition coefficient (Wildman–Crippen LogP) is 8.29. The molecular weight excluding hydrogens is 442 g/mol. The number of benzene rings is 5. The normalized spacial score (nSPS) is 11.9. The number of imidazole rings is 1. The smallest absolute Gasteiger partial charge is 0.179 e. The van der Waals surface area contributed by atoms with E-state index in [1.807, 2.05) is 18.3 Å². The van der Waals surface area contributed by atoms with Crippen molar-refractivity contribution >= 4 is 54.6 Å². The molecule has 0 saturated carbocycles. The highest BCUT2D eigenvalue weighted by atomic mass is 16.3. The van der Waals surface area contributed by atoms with Gasteiger partial charge in [-0.15, -0.1) is 0 Å². The van der Waals surface area contributed by atoms with E-state index in [1.54, 1.807) is 0 Å². The average molecular weight is 462 g/mol. The van der Waals surface area contributed by atoms with Crippen LogP contribution in [0.3, 0.4) is 0 Å². The van der Waals surface area contributed by atoms with Gasteiger partial charge in [0.05, 0.1) is 5.56 Å². The topological polar surface area (TPSA) is 43.9 Å². The lowest BCUT2D eigenvalue weighted by atomic mass is 10.0. The summed E-state index contributed by atoms with van der Waals surface area (Å²) < 4.78 is 8.86. The van der Waals surface area contributed by atoms with Crippen molar-refractivity contribution in [1.82, 2.24) is 14.5 Å². The molecule has 8 rings (SSSR count). The van der Waals surface area contributed by atoms with Crippen molar-refractivity contribution in [1.29, 1.82) is 0 Å². The van der Waals surface area contributed by atoms with Crippen molar-refractivity contribution in [3.8, 4) is 17.1 Å². The summed E-state index contributed by atoms with van der Waals surface area (Å²) in [7, 11) is 0. The number of hydrogen-bond acceptors (Lipinski definition) is 3. The van der Waals surface area contributed by atoms with Gasteiger partial charge < -0.3 is 4.42 Å². The summed E-state index contributed by atoms with van der Waals surface area (Å²) in [6.45, 7) is 0. The molecule has 36 heavy (non-hydrogen) atoms. The van der Waals surface area contributed by atoms with Gasteiger partial charge in [-0.3, -0.25) is 4.57 Å². The zero-order valence-electron chi connectivity index (χ0n) is 19.2. The molecule has 0 saturated heterocycles. The van der Waals surface area contributed by atoms with Gasteiger partial charge in [0.1, 0.15) is 16.7 Å². The van der Waals surface area contributed by atoms with Crippen molar-refractivity contribution in [2.75, 3.05) is 0 Å². The van der Waals surface area contributed by atoms with Crippen molar-refractivity contribution in [2.24, 2.45) is 0 Å². The first kappa shape index (κ1) is 19.4. The molecule has 0 atom stereocenters. The molecule has 0 radical (unpaired) electrons. The molecule has 0 aliphatic carbocycles. The highest BCUT2D eigenvalue weighted by molar-refractivity contribution is 6.17. The van der Waals surface area contributed by atoms with Crippen LogP contribution in [0.2, 0.25) is 0 Å². The van der Waals surface area contributed by atoms with Gasteiger partial charge in [-0.05, 0) is 29.7 Å². The lowest BCUT2D eigenvalue weighted by Gasteiger charge is -2.11. The molecule has 4 heteroatoms. The van der Waals surface area contributed by atoms with Gasteiger partial charge >= 0.3 is 0 Å². The van der Waals surface area contributed by atoms with Crippen LogP contribution in [0, 0.1) is 0 Å². The van der Waals surface area contributed by atoms with Gasteiger partial charge in [0.15, 0.2) is 11.5 Å². The van der Waals surface area contributed by atoms with Crippen LogP contribution in [0.15, 0.2) is 120 Å². The fourth-order valence-electron chi connectivity index (χ4n) is 5.41. The predicted molar refractivity (Wildman–Crippen MR) is 147 cm³/mol. The molecule has 0 aliphatic heterocycles. The summed E-state index contributed by atoms with van der Waals surface area (Å²) in [5.74, 6) is 0.814. The van der Waals surface area contributed by atoms with Gasteiger partial charge in [0, 0.05) is 38.8 Å². The van der Waals surface area contributed by atoms with E-state index >= 15 is 0 Å². The number of nitrogens with zero attached hydrogens (tertiary/aromatic N) is 3. The average Bonchev–Trinajstić information content (AvgIpc) is 3.53. The molecule has 8 aromatic rings. The van der Waals surface area contributed by atoms with Gasteiger partial charge in [0.25, 0.3) is 0 Å². The Balaban J connectivity index is 1.53. The van der Waals surface area contributed by atoms with E-state index in [0.29, 0.717) is 5.65 Å². The van der Waals surface area contributed by atoms with Crippen molar-refractivity contribution < 1.29 is 4.42 Å². The Morgan fingerprint density at radius 2 is 1.28 bits per heavy atom. The van der Waals surface area contributed by atoms with Crippen LogP contribution in [0.4, 0.5) is 0 Å². The summed E-state index contributed by atoms with van der Waals surface area (Å²) in [5.41, 5.74) is 5.42. The third-order valence-corrected chi connectivity index (χ3v) is 7.05. The lowest BCUT2D eigenvalue weighted by Crippen LogP contribution is -1.98. The second kappa shape index (κ2) is 7.27. The molecule has 0 unspecified atom stereocenters. The van der Waals surface area contributed by atoms with Crippen molar-refractivity contribution in [3.63, 3.8) is 0 Å². The second-order valence-electron chi connectivity index (χ2n) is 9.07. The van der Waals surface area contributed by atoms with Crippen LogP contribution >= 0.6 is 0 Å². The Morgan fingerprint density at radius 3 is 2.17 bits per heavy atom. The first-order chi connectivity index (χ1) is 17.9. The minimum atomic E-state index is 0.714. The van der Waals surface area contributed by atoms with Crippen LogP contribution in [0.5, 0.6) is 0 Å². The number of pyridine rings is 1. The van der Waals surface area contributed by atoms with Gasteiger partial charge in [-0.2, -0.15) is 0 Å². The first-order valence-electron chi connectivity index (χ1n) is 12.0. The highest BCUT2D eigenvalue weighted by Crippen LogP contribution is 2.40. The SMILES string of the molecule is c1ccc(-n2c(-c3cccc4c3oc3c5ccccc5ccc43)nc3ncc4ccccc4c32)cc1. The molecule has 0 fully saturated rings. The largest absolute Gasteiger partial charge is 0.455 e. The second-order valence-corrected chi connectivity index (χ2v) is 9.07. The van der Waals surface area contributed by atoms with E-state index in [2.05, 4.69) is 102 Å². The fourth-order valence-corrected chi connectivity index (χ4v) is 5.41. The molecule has 0 spiro atoms. The van der Waals surface area contributed by atoms with Crippen LogP contribution in [0.1, 0.15) is 0 Å². The van der Waals surface area contributed by atoms with Gasteiger partial charge in [0.2, 0.25) is 0 Å². The van der Waals surface area contributed by atoms with Gasteiger partial charge in [-0.25, -0.2) is 9.97 Å². The molecular formula is C32H19N3O. The Labute approximate surface area is 206 Å². The standard InChI is InChI=1S/C32H19N3O/c1-2-11-22(12-3-1)35-28-23-13-6-5-10-21(23)19-33-31(28)34-32(35)27-16-8-15-25-26-18-17-20-9-4-7-14-24(20)29(26)36-30(25)27/h1-19H. The Morgan fingerprint density at radius 1 is 0.556 bits per heavy atom. The van der Waals surface area contributed by atoms with E-state index in [1.165, 1.54) is 0 Å². The monoisotopic (exact) mass is 461 g/mol. The molecule has 0 aliphatic rings. The Kier molecular flexibility index (Phi) is 3.91. The van der Waals surface area contributed by atoms with Crippen molar-refractivity contribution in [2.45, 2.75) is 0 Å². The molecule has 3 heterocycles. The van der Waals surface area contributed by atoms with Gasteiger partial charge in [-0.1, -0.05) is 84.9 Å². The first-order valence-corrected chi connectivity index (χ1v) is 12.0. The zero-order valence-corrected chi connectivity index (χ0v) is 19.2. The Hall–Kier alpha value is -4.96. The molecule has 168 valence electrons. The molecule has 0 amide bonds. The van der Waals surface area contributed by atoms with E-state index in [-0.39, 0.29) is 0 Å². The number of rotatable bonds is 2. The maximum absolute atomic E-state index is 6.65. The van der Waals surface area contributed by atoms with Crippen LogP contribution < -0.4 is 0 Å². The van der Waals surface area contributed by atoms with Crippen LogP contribution in [-0.4, -0.2) is 14.5 Å². The minimum absolute atomic E-state index is 0.714. The fraction of sp³-hybridized carbons (Fsp3) is 0. The van der Waals surface area contributed by atoms with E-state index in [0.717, 1.165) is 66.1 Å². The minimum Gasteiger partial charge on any atom is -0.455 e. The summed E-state index contributed by atoms with van der Waals surface area (Å²) in [4.78, 5) is 9.83. The number of aromatic nitrogens is 3. The summed E-state index contributed by atoms with van der Waals surface area (Å²) in [6.07, 6.45) is 1.90. The number of para-hydroxylation sites is 2. The van der Waals surface area contributed by atoms with E-state index < -0.39 is 0 Å². The summed E-state index contributed by atoms with van der Waals surface area (Å²) >= 11 is 0. The third-order valence-electron chi connectivity index (χ3n) is 7.05. The molecule has 0 N–H and O–H groups in total. The number of hydrogen-bond donors (Lipinski definition) is 0. The van der Waals surface area contributed by atoms with Crippen LogP contribution in [0.25, 0.3) is 71.7 Å². The molecule has 5 aromatic carbocycles. The maximum atomic E-state index is 6.65.